The molecule has 0 saturated heterocycles. The molecule has 0 atom stereocenters. The third-order valence-electron chi connectivity index (χ3n) is 3.60. The molecular weight excluding hydrogens is 292 g/mol. The normalized spacial score (nSPS) is 13.3. The predicted molar refractivity (Wildman–Crippen MR) is 91.6 cm³/mol. The van der Waals surface area contributed by atoms with Crippen LogP contribution >= 0.6 is 0 Å². The minimum absolute atomic E-state index is 0. The maximum atomic E-state index is 11.3. The number of hydrogen-bond acceptors (Lipinski definition) is 5. The molecule has 0 aliphatic carbocycles. The summed E-state index contributed by atoms with van der Waals surface area (Å²) in [5.74, 6) is 0.176. The fourth-order valence-electron chi connectivity index (χ4n) is 2.33. The highest BCUT2D eigenvalue weighted by Crippen LogP contribution is 2.32. The van der Waals surface area contributed by atoms with Gasteiger partial charge in [-0.15, -0.1) is 5.11 Å². The number of hydrogen-bond donors (Lipinski definition) is 3. The number of nitrogens with two attached hydrogens (primary N) is 1. The highest BCUT2D eigenvalue weighted by atomic mass is 16.3. The Hall–Kier alpha value is -2.89. The lowest BCUT2D eigenvalue weighted by Gasteiger charge is -2.16. The van der Waals surface area contributed by atoms with Crippen molar-refractivity contribution in [2.45, 2.75) is 27.2 Å². The number of benzene rings is 2. The topological polar surface area (TPSA) is 100 Å². The summed E-state index contributed by atoms with van der Waals surface area (Å²) < 4.78 is 0. The number of rotatable bonds is 2. The molecule has 1 heterocycles. The number of nitrogens with one attached hydrogen (secondary N) is 1. The highest BCUT2D eigenvalue weighted by Gasteiger charge is 2.14. The van der Waals surface area contributed by atoms with Crippen LogP contribution in [0.25, 0.3) is 0 Å². The average Bonchev–Trinajstić information content (AvgIpc) is 2.49. The zero-order valence-electron chi connectivity index (χ0n) is 12.1. The van der Waals surface area contributed by atoms with Gasteiger partial charge in [-0.25, -0.2) is 0 Å². The number of aromatic hydroxyl groups is 1. The molecule has 3 rings (SSSR count). The lowest BCUT2D eigenvalue weighted by Crippen LogP contribution is -2.18. The molecule has 4 N–H and O–H groups in total. The average molecular weight is 312 g/mol. The number of nitrogen functional groups attached to an aromatic ring is 1. The van der Waals surface area contributed by atoms with Crippen LogP contribution in [0.4, 0.5) is 22.7 Å². The maximum absolute atomic E-state index is 11.3. The van der Waals surface area contributed by atoms with Crippen LogP contribution in [0.3, 0.4) is 0 Å². The van der Waals surface area contributed by atoms with Crippen LogP contribution in [0.2, 0.25) is 0 Å². The quantitative estimate of drug-likeness (QED) is 0.571. The van der Waals surface area contributed by atoms with E-state index in [1.807, 2.05) is 12.1 Å². The Bertz CT molecular complexity index is 784. The molecule has 1 aliphatic heterocycles. The third-order valence-corrected chi connectivity index (χ3v) is 3.60. The van der Waals surface area contributed by atoms with Crippen molar-refractivity contribution in [2.24, 2.45) is 10.2 Å². The second kappa shape index (κ2) is 6.48. The van der Waals surface area contributed by atoms with Crippen molar-refractivity contribution in [3.63, 3.8) is 0 Å². The number of aryl methyl sites for hydroxylation is 2. The Kier molecular flexibility index (Phi) is 4.64. The summed E-state index contributed by atoms with van der Waals surface area (Å²) in [6, 6.07) is 8.67. The molecule has 0 spiro atoms. The first-order chi connectivity index (χ1) is 10.5. The van der Waals surface area contributed by atoms with Crippen LogP contribution in [0.15, 0.2) is 40.6 Å². The van der Waals surface area contributed by atoms with Gasteiger partial charge in [-0.05, 0) is 48.7 Å². The van der Waals surface area contributed by atoms with E-state index < -0.39 is 0 Å². The molecular formula is C17H20N4O2. The number of fused-ring (bicyclic) bond motifs is 1. The van der Waals surface area contributed by atoms with E-state index >= 15 is 0 Å². The van der Waals surface area contributed by atoms with E-state index in [-0.39, 0.29) is 19.1 Å². The van der Waals surface area contributed by atoms with Crippen molar-refractivity contribution in [2.75, 3.05) is 11.1 Å². The summed E-state index contributed by atoms with van der Waals surface area (Å²) in [4.78, 5) is 11.3. The van der Waals surface area contributed by atoms with E-state index in [2.05, 4.69) is 15.5 Å². The van der Waals surface area contributed by atoms with Gasteiger partial charge < -0.3 is 16.2 Å². The number of carbonyl (C=O) groups is 1. The van der Waals surface area contributed by atoms with E-state index in [1.165, 1.54) is 6.07 Å². The molecule has 0 radical (unpaired) electrons. The number of azo groups is 1. The Morgan fingerprint density at radius 3 is 2.74 bits per heavy atom. The minimum atomic E-state index is 0. The molecule has 23 heavy (non-hydrogen) atoms. The zero-order chi connectivity index (χ0) is 15.7. The van der Waals surface area contributed by atoms with Crippen LogP contribution in [0.1, 0.15) is 25.0 Å². The van der Waals surface area contributed by atoms with Gasteiger partial charge in [0.25, 0.3) is 0 Å². The zero-order valence-corrected chi connectivity index (χ0v) is 12.1. The summed E-state index contributed by atoms with van der Waals surface area (Å²) in [7, 11) is 0. The van der Waals surface area contributed by atoms with Gasteiger partial charge in [0.05, 0.1) is 11.4 Å². The predicted octanol–water partition coefficient (Wildman–Crippen LogP) is 4.22. The molecule has 0 fully saturated rings. The molecule has 1 amide bonds. The first-order valence-corrected chi connectivity index (χ1v) is 6.96. The number of anilines is 2. The van der Waals surface area contributed by atoms with E-state index in [4.69, 9.17) is 5.73 Å². The van der Waals surface area contributed by atoms with Crippen LogP contribution in [-0.4, -0.2) is 11.0 Å². The second-order valence-corrected chi connectivity index (χ2v) is 5.29. The molecule has 0 unspecified atom stereocenters. The van der Waals surface area contributed by atoms with E-state index in [0.29, 0.717) is 35.5 Å². The summed E-state index contributed by atoms with van der Waals surface area (Å²) in [6.07, 6.45) is 1.18. The van der Waals surface area contributed by atoms with E-state index in [9.17, 15) is 9.90 Å². The molecule has 1 aliphatic rings. The van der Waals surface area contributed by atoms with Crippen LogP contribution in [0, 0.1) is 6.92 Å². The number of amides is 1. The van der Waals surface area contributed by atoms with Crippen molar-refractivity contribution in [1.29, 1.82) is 0 Å². The fourth-order valence-corrected chi connectivity index (χ4v) is 2.33. The first kappa shape index (κ1) is 16.5. The standard InChI is InChI=1S/C16H16N4O2.CH4/c1-9-6-14(12(17)8-15(9)21)20-19-11-3-4-13-10(7-11)2-5-16(22)18-13;/h3-4,6-8,21H,2,5,17H2,1H3,(H,18,22);1H4. The number of nitrogens with zero attached hydrogens (tertiary/aromatic N) is 2. The summed E-state index contributed by atoms with van der Waals surface area (Å²) in [6.45, 7) is 1.77. The van der Waals surface area contributed by atoms with Gasteiger partial charge in [0, 0.05) is 18.2 Å². The lowest BCUT2D eigenvalue weighted by molar-refractivity contribution is -0.116. The molecule has 6 nitrogen and oxygen atoms in total. The highest BCUT2D eigenvalue weighted by molar-refractivity contribution is 5.94. The first-order valence-electron chi connectivity index (χ1n) is 6.96. The Morgan fingerprint density at radius 1 is 1.17 bits per heavy atom. The third kappa shape index (κ3) is 3.48. The van der Waals surface area contributed by atoms with Crippen molar-refractivity contribution < 1.29 is 9.90 Å². The Morgan fingerprint density at radius 2 is 1.96 bits per heavy atom. The van der Waals surface area contributed by atoms with Crippen molar-refractivity contribution in [1.82, 2.24) is 0 Å². The van der Waals surface area contributed by atoms with E-state index in [0.717, 1.165) is 11.3 Å². The molecule has 0 saturated carbocycles. The molecule has 0 aromatic heterocycles. The van der Waals surface area contributed by atoms with Gasteiger partial charge in [0.2, 0.25) is 5.91 Å². The minimum Gasteiger partial charge on any atom is -0.508 e. The maximum Gasteiger partial charge on any atom is 0.224 e. The van der Waals surface area contributed by atoms with Crippen molar-refractivity contribution in [3.8, 4) is 5.75 Å². The Labute approximate surface area is 135 Å². The SMILES string of the molecule is C.Cc1cc(N=Nc2ccc3c(c2)CCC(=O)N3)c(N)cc1O. The molecule has 2 aromatic rings. The van der Waals surface area contributed by atoms with Crippen LogP contribution < -0.4 is 11.1 Å². The molecule has 0 bridgehead atoms. The molecule has 6 heteroatoms. The van der Waals surface area contributed by atoms with Gasteiger partial charge >= 0.3 is 0 Å². The Balaban J connectivity index is 0.00000192. The summed E-state index contributed by atoms with van der Waals surface area (Å²) in [5, 5.41) is 20.7. The van der Waals surface area contributed by atoms with Crippen LogP contribution in [0.5, 0.6) is 5.75 Å². The monoisotopic (exact) mass is 312 g/mol. The van der Waals surface area contributed by atoms with Gasteiger partial charge in [0.15, 0.2) is 0 Å². The van der Waals surface area contributed by atoms with E-state index in [1.54, 1.807) is 19.1 Å². The molecule has 120 valence electrons. The number of phenolic OH excluding ortho intramolecular Hbond substituents is 1. The largest absolute Gasteiger partial charge is 0.508 e. The van der Waals surface area contributed by atoms with Crippen molar-refractivity contribution >= 4 is 28.7 Å². The summed E-state index contributed by atoms with van der Waals surface area (Å²) in [5.41, 5.74) is 9.97. The van der Waals surface area contributed by atoms with Gasteiger partial charge in [-0.3, -0.25) is 4.79 Å². The fraction of sp³-hybridized carbons (Fsp3) is 0.235. The number of phenols is 1. The van der Waals surface area contributed by atoms with Crippen LogP contribution in [-0.2, 0) is 11.2 Å². The summed E-state index contributed by atoms with van der Waals surface area (Å²) >= 11 is 0. The smallest absolute Gasteiger partial charge is 0.224 e. The van der Waals surface area contributed by atoms with Gasteiger partial charge in [-0.2, -0.15) is 5.11 Å². The lowest BCUT2D eigenvalue weighted by atomic mass is 10.0. The molecule has 2 aromatic carbocycles. The second-order valence-electron chi connectivity index (χ2n) is 5.29. The number of carbonyl (C=O) groups excluding carboxylic acids is 1. The van der Waals surface area contributed by atoms with Crippen molar-refractivity contribution in [3.05, 3.63) is 41.5 Å². The van der Waals surface area contributed by atoms with Gasteiger partial charge in [-0.1, -0.05) is 7.43 Å². The van der Waals surface area contributed by atoms with Gasteiger partial charge in [0.1, 0.15) is 11.4 Å².